The first kappa shape index (κ1) is 19.2. The lowest BCUT2D eigenvalue weighted by molar-refractivity contribution is -0.135. The number of hydrogen-bond acceptors (Lipinski definition) is 3. The van der Waals surface area contributed by atoms with Crippen molar-refractivity contribution in [3.8, 4) is 0 Å². The molecule has 0 aliphatic carbocycles. The molecule has 1 aromatic heterocycles. The van der Waals surface area contributed by atoms with Crippen LogP contribution in [0.2, 0.25) is 0 Å². The summed E-state index contributed by atoms with van der Waals surface area (Å²) in [5, 5.41) is 0. The van der Waals surface area contributed by atoms with Crippen LogP contribution in [-0.2, 0) is 16.9 Å². The van der Waals surface area contributed by atoms with Crippen molar-refractivity contribution in [3.63, 3.8) is 0 Å². The number of halogens is 2. The highest BCUT2D eigenvalue weighted by Gasteiger charge is 2.33. The first-order chi connectivity index (χ1) is 9.80. The minimum absolute atomic E-state index is 0. The van der Waals surface area contributed by atoms with Gasteiger partial charge in [0.1, 0.15) is 5.54 Å². The Morgan fingerprint density at radius 1 is 1.27 bits per heavy atom. The van der Waals surface area contributed by atoms with Crippen molar-refractivity contribution >= 4 is 45.6 Å². The van der Waals surface area contributed by atoms with Crippen LogP contribution in [0.15, 0.2) is 40.9 Å². The van der Waals surface area contributed by atoms with Crippen molar-refractivity contribution in [2.75, 3.05) is 7.05 Å². The zero-order valence-electron chi connectivity index (χ0n) is 12.8. The zero-order chi connectivity index (χ0) is 15.6. The van der Waals surface area contributed by atoms with Crippen LogP contribution >= 0.6 is 39.7 Å². The molecule has 0 aliphatic heterocycles. The van der Waals surface area contributed by atoms with Crippen molar-refractivity contribution in [1.29, 1.82) is 0 Å². The molecule has 3 nitrogen and oxygen atoms in total. The first-order valence-electron chi connectivity index (χ1n) is 6.66. The summed E-state index contributed by atoms with van der Waals surface area (Å²) in [4.78, 5) is 16.7. The largest absolute Gasteiger partial charge is 0.339 e. The molecule has 0 radical (unpaired) electrons. The Morgan fingerprint density at radius 3 is 2.36 bits per heavy atom. The normalized spacial score (nSPS) is 13.1. The lowest BCUT2D eigenvalue weighted by Gasteiger charge is -2.29. The van der Waals surface area contributed by atoms with Crippen LogP contribution in [0.3, 0.4) is 0 Å². The Bertz CT molecular complexity index is 640. The Labute approximate surface area is 150 Å². The highest BCUT2D eigenvalue weighted by atomic mass is 79.9. The summed E-state index contributed by atoms with van der Waals surface area (Å²) in [5.74, 6) is -0.0872. The summed E-state index contributed by atoms with van der Waals surface area (Å²) in [7, 11) is 1.79. The van der Waals surface area contributed by atoms with Gasteiger partial charge in [-0.05, 0) is 43.7 Å². The van der Waals surface area contributed by atoms with Crippen LogP contribution < -0.4 is 5.73 Å². The average molecular weight is 404 g/mol. The van der Waals surface area contributed by atoms with Gasteiger partial charge >= 0.3 is 0 Å². The van der Waals surface area contributed by atoms with E-state index in [9.17, 15) is 4.79 Å². The minimum Gasteiger partial charge on any atom is -0.339 e. The molecular weight excluding hydrogens is 384 g/mol. The van der Waals surface area contributed by atoms with Crippen molar-refractivity contribution in [2.24, 2.45) is 5.73 Å². The third-order valence-electron chi connectivity index (χ3n) is 3.42. The number of benzene rings is 1. The molecule has 0 aliphatic rings. The first-order valence-corrected chi connectivity index (χ1v) is 8.27. The van der Waals surface area contributed by atoms with Crippen LogP contribution in [0.4, 0.5) is 0 Å². The Kier molecular flexibility index (Phi) is 6.62. The van der Waals surface area contributed by atoms with Crippen LogP contribution in [-0.4, -0.2) is 17.9 Å². The molecule has 2 rings (SSSR count). The smallest absolute Gasteiger partial charge is 0.247 e. The quantitative estimate of drug-likeness (QED) is 0.836. The van der Waals surface area contributed by atoms with Gasteiger partial charge in [0.05, 0.1) is 6.54 Å². The maximum Gasteiger partial charge on any atom is 0.247 e. The second-order valence-corrected chi connectivity index (χ2v) is 7.67. The van der Waals surface area contributed by atoms with Gasteiger partial charge in [0, 0.05) is 21.3 Å². The number of rotatable bonds is 4. The average Bonchev–Trinajstić information content (AvgIpc) is 2.83. The molecule has 22 heavy (non-hydrogen) atoms. The second kappa shape index (κ2) is 7.59. The lowest BCUT2D eigenvalue weighted by atomic mass is 9.92. The molecule has 1 amide bonds. The summed E-state index contributed by atoms with van der Waals surface area (Å²) in [5.41, 5.74) is 6.07. The number of thiophene rings is 1. The molecule has 0 bridgehead atoms. The van der Waals surface area contributed by atoms with E-state index in [-0.39, 0.29) is 18.3 Å². The molecule has 2 aromatic rings. The fraction of sp³-hybridized carbons (Fsp3) is 0.312. The van der Waals surface area contributed by atoms with E-state index in [1.165, 1.54) is 4.88 Å². The molecule has 6 heteroatoms. The third-order valence-corrected chi connectivity index (χ3v) is 4.94. The number of aryl methyl sites for hydroxylation is 1. The molecule has 0 saturated carbocycles. The molecule has 0 spiro atoms. The topological polar surface area (TPSA) is 46.3 Å². The van der Waals surface area contributed by atoms with Gasteiger partial charge in [0.15, 0.2) is 0 Å². The van der Waals surface area contributed by atoms with E-state index in [1.807, 2.05) is 24.3 Å². The summed E-state index contributed by atoms with van der Waals surface area (Å²) >= 11 is 5.09. The van der Waals surface area contributed by atoms with Crippen molar-refractivity contribution < 1.29 is 4.79 Å². The standard InChI is InChI=1S/C16H19BrN2OS.ClH/c1-11-4-9-14(21-11)10-19(3)15(20)16(2,18)12-5-7-13(17)8-6-12;/h4-9H,10,18H2,1-3H3;1H. The van der Waals surface area contributed by atoms with Crippen LogP contribution in [0.5, 0.6) is 0 Å². The maximum atomic E-state index is 12.7. The van der Waals surface area contributed by atoms with Gasteiger partial charge in [0.25, 0.3) is 0 Å². The van der Waals surface area contributed by atoms with E-state index >= 15 is 0 Å². The summed E-state index contributed by atoms with van der Waals surface area (Å²) < 4.78 is 0.969. The van der Waals surface area contributed by atoms with Gasteiger partial charge in [-0.2, -0.15) is 0 Å². The lowest BCUT2D eigenvalue weighted by Crippen LogP contribution is -2.49. The van der Waals surface area contributed by atoms with E-state index in [0.717, 1.165) is 14.9 Å². The van der Waals surface area contributed by atoms with Gasteiger partial charge < -0.3 is 10.6 Å². The Morgan fingerprint density at radius 2 is 1.86 bits per heavy atom. The predicted molar refractivity (Wildman–Crippen MR) is 98.5 cm³/mol. The fourth-order valence-corrected chi connectivity index (χ4v) is 3.40. The SMILES string of the molecule is Cc1ccc(CN(C)C(=O)C(C)(N)c2ccc(Br)cc2)s1.Cl. The van der Waals surface area contributed by atoms with E-state index in [2.05, 4.69) is 35.0 Å². The van der Waals surface area contributed by atoms with Crippen molar-refractivity contribution in [3.05, 3.63) is 56.2 Å². The van der Waals surface area contributed by atoms with Gasteiger partial charge in [0.2, 0.25) is 5.91 Å². The molecule has 1 atom stereocenters. The number of hydrogen-bond donors (Lipinski definition) is 1. The maximum absolute atomic E-state index is 12.7. The number of likely N-dealkylation sites (N-methyl/N-ethyl adjacent to an activating group) is 1. The molecule has 1 heterocycles. The summed E-state index contributed by atoms with van der Waals surface area (Å²) in [6, 6.07) is 11.7. The number of amides is 1. The predicted octanol–water partition coefficient (Wildman–Crippen LogP) is 4.07. The number of carbonyl (C=O) groups is 1. The highest BCUT2D eigenvalue weighted by molar-refractivity contribution is 9.10. The molecule has 120 valence electrons. The zero-order valence-corrected chi connectivity index (χ0v) is 16.0. The second-order valence-electron chi connectivity index (χ2n) is 5.38. The van der Waals surface area contributed by atoms with E-state index < -0.39 is 5.54 Å². The molecule has 1 aromatic carbocycles. The van der Waals surface area contributed by atoms with Gasteiger partial charge in [-0.3, -0.25) is 4.79 Å². The van der Waals surface area contributed by atoms with Gasteiger partial charge in [-0.25, -0.2) is 0 Å². The Hall–Kier alpha value is -0.880. The van der Waals surface area contributed by atoms with Crippen molar-refractivity contribution in [1.82, 2.24) is 4.90 Å². The highest BCUT2D eigenvalue weighted by Crippen LogP contribution is 2.24. The monoisotopic (exact) mass is 402 g/mol. The molecular formula is C16H20BrClN2OS. The fourth-order valence-electron chi connectivity index (χ4n) is 2.19. The summed E-state index contributed by atoms with van der Waals surface area (Å²) in [6.45, 7) is 4.40. The third kappa shape index (κ3) is 4.32. The molecule has 1 unspecified atom stereocenters. The number of nitrogens with two attached hydrogens (primary N) is 1. The van der Waals surface area contributed by atoms with Crippen LogP contribution in [0.25, 0.3) is 0 Å². The summed E-state index contributed by atoms with van der Waals surface area (Å²) in [6.07, 6.45) is 0. The van der Waals surface area contributed by atoms with E-state index in [0.29, 0.717) is 6.54 Å². The van der Waals surface area contributed by atoms with E-state index in [4.69, 9.17) is 5.73 Å². The Balaban J connectivity index is 0.00000242. The van der Waals surface area contributed by atoms with Gasteiger partial charge in [-0.15, -0.1) is 23.7 Å². The molecule has 2 N–H and O–H groups in total. The number of carbonyl (C=O) groups excluding carboxylic acids is 1. The van der Waals surface area contributed by atoms with Crippen LogP contribution in [0.1, 0.15) is 22.2 Å². The van der Waals surface area contributed by atoms with Crippen molar-refractivity contribution in [2.45, 2.75) is 25.9 Å². The molecule has 0 saturated heterocycles. The van der Waals surface area contributed by atoms with Crippen LogP contribution in [0, 0.1) is 6.92 Å². The molecule has 0 fully saturated rings. The number of nitrogens with zero attached hydrogens (tertiary/aromatic N) is 1. The van der Waals surface area contributed by atoms with Gasteiger partial charge in [-0.1, -0.05) is 28.1 Å². The van der Waals surface area contributed by atoms with E-state index in [1.54, 1.807) is 30.2 Å². The minimum atomic E-state index is -1.03.